The Kier molecular flexibility index (Phi) is 9.30. The van der Waals surface area contributed by atoms with Crippen LogP contribution in [0.4, 0.5) is 13.2 Å². The van der Waals surface area contributed by atoms with Gasteiger partial charge in [0, 0.05) is 22.8 Å². The first-order chi connectivity index (χ1) is 18.5. The number of hydrogen-bond acceptors (Lipinski definition) is 3. The van der Waals surface area contributed by atoms with Crippen LogP contribution in [0.5, 0.6) is 17.2 Å². The summed E-state index contributed by atoms with van der Waals surface area (Å²) in [7, 11) is 0. The average Bonchev–Trinajstić information content (AvgIpc) is 2.94. The highest BCUT2D eigenvalue weighted by Gasteiger charge is 2.16. The van der Waals surface area contributed by atoms with Crippen LogP contribution in [-0.4, -0.2) is 13.2 Å². The summed E-state index contributed by atoms with van der Waals surface area (Å²) in [5.74, 6) is -0.620. The van der Waals surface area contributed by atoms with Crippen molar-refractivity contribution in [3.8, 4) is 39.5 Å². The summed E-state index contributed by atoms with van der Waals surface area (Å²) < 4.78 is 61.1. The number of rotatable bonds is 12. The zero-order valence-electron chi connectivity index (χ0n) is 21.6. The van der Waals surface area contributed by atoms with E-state index < -0.39 is 11.6 Å². The Morgan fingerprint density at radius 2 is 1.13 bits per heavy atom. The van der Waals surface area contributed by atoms with Crippen molar-refractivity contribution in [3.63, 3.8) is 0 Å². The lowest BCUT2D eigenvalue weighted by molar-refractivity contribution is 0.297. The maximum atomic E-state index is 14.9. The van der Waals surface area contributed by atoms with Crippen LogP contribution in [0, 0.1) is 17.5 Å². The summed E-state index contributed by atoms with van der Waals surface area (Å²) in [6, 6.07) is 21.5. The van der Waals surface area contributed by atoms with Gasteiger partial charge in [-0.2, -0.15) is 0 Å². The smallest absolute Gasteiger partial charge is 0.167 e. The van der Waals surface area contributed by atoms with Crippen molar-refractivity contribution in [2.24, 2.45) is 0 Å². The molecule has 0 N–H and O–H groups in total. The minimum absolute atomic E-state index is 0.0999. The van der Waals surface area contributed by atoms with E-state index in [1.807, 2.05) is 6.92 Å². The lowest BCUT2D eigenvalue weighted by atomic mass is 10.0. The maximum absolute atomic E-state index is 14.9. The van der Waals surface area contributed by atoms with Crippen LogP contribution in [0.2, 0.25) is 0 Å². The summed E-state index contributed by atoms with van der Waals surface area (Å²) in [6.07, 6.45) is 2.80. The number of hydrogen-bond donors (Lipinski definition) is 0. The predicted molar refractivity (Wildman–Crippen MR) is 144 cm³/mol. The van der Waals surface area contributed by atoms with Crippen molar-refractivity contribution in [2.45, 2.75) is 39.7 Å². The molecule has 4 aromatic rings. The van der Waals surface area contributed by atoms with E-state index in [4.69, 9.17) is 14.2 Å². The van der Waals surface area contributed by atoms with E-state index >= 15 is 0 Å². The molecule has 3 nitrogen and oxygen atoms in total. The Labute approximate surface area is 221 Å². The van der Waals surface area contributed by atoms with Gasteiger partial charge >= 0.3 is 0 Å². The van der Waals surface area contributed by atoms with Crippen LogP contribution in [0.3, 0.4) is 0 Å². The second kappa shape index (κ2) is 13.0. The van der Waals surface area contributed by atoms with Crippen LogP contribution < -0.4 is 14.2 Å². The van der Waals surface area contributed by atoms with Crippen LogP contribution in [0.1, 0.15) is 38.7 Å². The van der Waals surface area contributed by atoms with E-state index in [1.54, 1.807) is 66.7 Å². The first kappa shape index (κ1) is 27.1. The molecule has 198 valence electrons. The summed E-state index contributed by atoms with van der Waals surface area (Å²) >= 11 is 0. The summed E-state index contributed by atoms with van der Waals surface area (Å²) in [4.78, 5) is 0. The standard InChI is InChI=1S/C32H31F3O3/c1-3-5-19-37-27-15-17-28(30(33)20-27)22-6-13-26(14-7-22)38-21-24-10-16-29(32(35)31(24)34)23-8-11-25(12-9-23)36-18-4-2/h6-17,20H,3-5,18-19,21H2,1-2H3. The second-order valence-electron chi connectivity index (χ2n) is 8.93. The van der Waals surface area contributed by atoms with Crippen molar-refractivity contribution >= 4 is 0 Å². The van der Waals surface area contributed by atoms with E-state index in [0.29, 0.717) is 47.2 Å². The monoisotopic (exact) mass is 520 g/mol. The molecule has 0 unspecified atom stereocenters. The largest absolute Gasteiger partial charge is 0.494 e. The van der Waals surface area contributed by atoms with Crippen LogP contribution in [0.15, 0.2) is 78.9 Å². The van der Waals surface area contributed by atoms with Gasteiger partial charge in [-0.3, -0.25) is 0 Å². The molecule has 0 atom stereocenters. The molecule has 0 amide bonds. The molecule has 0 aliphatic rings. The Balaban J connectivity index is 1.40. The van der Waals surface area contributed by atoms with Crippen molar-refractivity contribution in [1.82, 2.24) is 0 Å². The van der Waals surface area contributed by atoms with Gasteiger partial charge in [-0.05, 0) is 60.4 Å². The Hall–Kier alpha value is -3.93. The third kappa shape index (κ3) is 6.68. The first-order valence-electron chi connectivity index (χ1n) is 12.9. The molecule has 6 heteroatoms. The molecule has 38 heavy (non-hydrogen) atoms. The van der Waals surface area contributed by atoms with Crippen molar-refractivity contribution in [1.29, 1.82) is 0 Å². The van der Waals surface area contributed by atoms with Crippen molar-refractivity contribution in [3.05, 3.63) is 102 Å². The summed E-state index contributed by atoms with van der Waals surface area (Å²) in [6.45, 7) is 5.08. The Bertz CT molecular complexity index is 1340. The molecule has 0 fully saturated rings. The molecular weight excluding hydrogens is 489 g/mol. The molecule has 0 spiro atoms. The van der Waals surface area contributed by atoms with E-state index in [9.17, 15) is 13.2 Å². The normalized spacial score (nSPS) is 10.9. The fraction of sp³-hybridized carbons (Fsp3) is 0.250. The highest BCUT2D eigenvalue weighted by Crippen LogP contribution is 2.30. The summed E-state index contributed by atoms with van der Waals surface area (Å²) in [5, 5.41) is 0. The lowest BCUT2D eigenvalue weighted by Gasteiger charge is -2.12. The Morgan fingerprint density at radius 3 is 1.76 bits per heavy atom. The second-order valence-corrected chi connectivity index (χ2v) is 8.93. The molecule has 0 aromatic heterocycles. The van der Waals surface area contributed by atoms with E-state index in [2.05, 4.69) is 6.92 Å². The molecule has 0 aliphatic heterocycles. The van der Waals surface area contributed by atoms with E-state index in [0.717, 1.165) is 19.3 Å². The Morgan fingerprint density at radius 1 is 0.553 bits per heavy atom. The molecule has 0 saturated heterocycles. The van der Waals surface area contributed by atoms with Gasteiger partial charge in [-0.25, -0.2) is 13.2 Å². The quantitative estimate of drug-likeness (QED) is 0.175. The number of ether oxygens (including phenoxy) is 3. The van der Waals surface area contributed by atoms with Gasteiger partial charge in [0.05, 0.1) is 13.2 Å². The molecule has 4 aromatic carbocycles. The van der Waals surface area contributed by atoms with Gasteiger partial charge in [0.25, 0.3) is 0 Å². The molecule has 0 heterocycles. The highest BCUT2D eigenvalue weighted by atomic mass is 19.2. The third-order valence-electron chi connectivity index (χ3n) is 6.07. The zero-order valence-corrected chi connectivity index (χ0v) is 21.6. The molecule has 0 aliphatic carbocycles. The van der Waals surface area contributed by atoms with Gasteiger partial charge in [-0.1, -0.05) is 56.7 Å². The summed E-state index contributed by atoms with van der Waals surface area (Å²) in [5.41, 5.74) is 1.93. The van der Waals surface area contributed by atoms with Gasteiger partial charge in [-0.15, -0.1) is 0 Å². The third-order valence-corrected chi connectivity index (χ3v) is 6.07. The topological polar surface area (TPSA) is 27.7 Å². The fourth-order valence-corrected chi connectivity index (χ4v) is 3.92. The number of benzene rings is 4. The molecule has 0 saturated carbocycles. The molecular formula is C32H31F3O3. The fourth-order valence-electron chi connectivity index (χ4n) is 3.92. The van der Waals surface area contributed by atoms with Gasteiger partial charge < -0.3 is 14.2 Å². The highest BCUT2D eigenvalue weighted by molar-refractivity contribution is 5.66. The van der Waals surface area contributed by atoms with Crippen molar-refractivity contribution in [2.75, 3.05) is 13.2 Å². The lowest BCUT2D eigenvalue weighted by Crippen LogP contribution is -2.02. The van der Waals surface area contributed by atoms with Gasteiger partial charge in [0.1, 0.15) is 29.7 Å². The van der Waals surface area contributed by atoms with Gasteiger partial charge in [0.2, 0.25) is 0 Å². The zero-order chi connectivity index (χ0) is 26.9. The van der Waals surface area contributed by atoms with Crippen LogP contribution >= 0.6 is 0 Å². The van der Waals surface area contributed by atoms with Crippen LogP contribution in [-0.2, 0) is 6.61 Å². The van der Waals surface area contributed by atoms with Crippen molar-refractivity contribution < 1.29 is 27.4 Å². The minimum Gasteiger partial charge on any atom is -0.494 e. The SMILES string of the molecule is CCCCOc1ccc(-c2ccc(OCc3ccc(-c4ccc(OCCC)cc4)c(F)c3F)cc2)c(F)c1. The first-order valence-corrected chi connectivity index (χ1v) is 12.9. The van der Waals surface area contributed by atoms with Crippen LogP contribution in [0.25, 0.3) is 22.3 Å². The number of unbranched alkanes of at least 4 members (excludes halogenated alkanes) is 1. The maximum Gasteiger partial charge on any atom is 0.167 e. The average molecular weight is 521 g/mol. The van der Waals surface area contributed by atoms with E-state index in [1.165, 1.54) is 12.1 Å². The predicted octanol–water partition coefficient (Wildman–Crippen LogP) is 8.98. The molecule has 0 radical (unpaired) electrons. The minimum atomic E-state index is -0.950. The molecule has 0 bridgehead atoms. The van der Waals surface area contributed by atoms with Gasteiger partial charge in [0.15, 0.2) is 11.6 Å². The number of halogens is 3. The molecule has 4 rings (SSSR count). The van der Waals surface area contributed by atoms with E-state index in [-0.39, 0.29) is 23.6 Å².